The molecule has 0 aliphatic heterocycles. The molecule has 1 amide bonds. The number of hydrogen-bond donors (Lipinski definition) is 1. The van der Waals surface area contributed by atoms with Gasteiger partial charge in [-0.2, -0.15) is 0 Å². The van der Waals surface area contributed by atoms with Gasteiger partial charge in [0.1, 0.15) is 5.75 Å². The Kier molecular flexibility index (Phi) is 4.72. The Bertz CT molecular complexity index is 1030. The minimum Gasteiger partial charge on any atom is -0.484 e. The van der Waals surface area contributed by atoms with Crippen molar-refractivity contribution in [1.29, 1.82) is 0 Å². The van der Waals surface area contributed by atoms with E-state index >= 15 is 0 Å². The summed E-state index contributed by atoms with van der Waals surface area (Å²) in [5, 5.41) is 2.04. The Balaban J connectivity index is 1.67. The Hall–Kier alpha value is -2.86. The molecule has 0 unspecified atom stereocenters. The largest absolute Gasteiger partial charge is 0.484 e. The third-order valence-electron chi connectivity index (χ3n) is 3.72. The zero-order valence-electron chi connectivity index (χ0n) is 13.6. The molecular weight excluding hydrogens is 338 g/mol. The number of carbonyl (C=O) groups is 1. The van der Waals surface area contributed by atoms with Gasteiger partial charge in [-0.15, -0.1) is 0 Å². The topological polar surface area (TPSA) is 72.5 Å². The summed E-state index contributed by atoms with van der Waals surface area (Å²) in [5.41, 5.74) is 0.568. The van der Waals surface area contributed by atoms with E-state index in [9.17, 15) is 13.2 Å². The van der Waals surface area contributed by atoms with Gasteiger partial charge in [0, 0.05) is 0 Å². The van der Waals surface area contributed by atoms with Crippen LogP contribution in [0.1, 0.15) is 5.56 Å². The van der Waals surface area contributed by atoms with E-state index < -0.39 is 15.9 Å². The SMILES string of the molecule is Cc1ccccc1S(=O)(=O)NC(=O)COc1ccc2ccccc2c1. The number of fused-ring (bicyclic) bond motifs is 1. The van der Waals surface area contributed by atoms with Crippen molar-refractivity contribution in [3.63, 3.8) is 0 Å². The zero-order chi connectivity index (χ0) is 17.9. The van der Waals surface area contributed by atoms with Gasteiger partial charge in [-0.25, -0.2) is 13.1 Å². The molecular formula is C19H17NO4S. The Morgan fingerprint density at radius 3 is 2.40 bits per heavy atom. The smallest absolute Gasteiger partial charge is 0.271 e. The molecule has 0 radical (unpaired) electrons. The van der Waals surface area contributed by atoms with Gasteiger partial charge in [-0.05, 0) is 41.5 Å². The summed E-state index contributed by atoms with van der Waals surface area (Å²) >= 11 is 0. The minimum atomic E-state index is -3.91. The van der Waals surface area contributed by atoms with E-state index in [1.54, 1.807) is 37.3 Å². The van der Waals surface area contributed by atoms with E-state index in [1.165, 1.54) is 6.07 Å². The van der Waals surface area contributed by atoms with Crippen molar-refractivity contribution in [2.24, 2.45) is 0 Å². The second kappa shape index (κ2) is 6.94. The standard InChI is InChI=1S/C19H17NO4S/c1-14-6-2-5-9-18(14)25(22,23)20-19(21)13-24-17-11-10-15-7-3-4-8-16(15)12-17/h2-12H,13H2,1H3,(H,20,21). The highest BCUT2D eigenvalue weighted by atomic mass is 32.2. The van der Waals surface area contributed by atoms with Gasteiger partial charge in [0.05, 0.1) is 4.90 Å². The predicted octanol–water partition coefficient (Wildman–Crippen LogP) is 3.03. The molecule has 0 atom stereocenters. The van der Waals surface area contributed by atoms with Crippen LogP contribution < -0.4 is 9.46 Å². The van der Waals surface area contributed by atoms with Crippen LogP contribution >= 0.6 is 0 Å². The summed E-state index contributed by atoms with van der Waals surface area (Å²) in [5.74, 6) is -0.224. The molecule has 3 aromatic carbocycles. The van der Waals surface area contributed by atoms with E-state index in [0.29, 0.717) is 11.3 Å². The first kappa shape index (κ1) is 17.0. The molecule has 0 aliphatic rings. The van der Waals surface area contributed by atoms with Crippen LogP contribution in [0.3, 0.4) is 0 Å². The monoisotopic (exact) mass is 355 g/mol. The predicted molar refractivity (Wildman–Crippen MR) is 96.0 cm³/mol. The molecule has 0 fully saturated rings. The van der Waals surface area contributed by atoms with E-state index in [-0.39, 0.29) is 11.5 Å². The lowest BCUT2D eigenvalue weighted by molar-refractivity contribution is -0.121. The van der Waals surface area contributed by atoms with Crippen LogP contribution in [0.2, 0.25) is 0 Å². The summed E-state index contributed by atoms with van der Waals surface area (Å²) in [6.07, 6.45) is 0. The van der Waals surface area contributed by atoms with E-state index in [2.05, 4.69) is 0 Å². The third-order valence-corrected chi connectivity index (χ3v) is 5.26. The number of carbonyl (C=O) groups excluding carboxylic acids is 1. The quantitative estimate of drug-likeness (QED) is 0.763. The van der Waals surface area contributed by atoms with Gasteiger partial charge < -0.3 is 4.74 Å². The molecule has 0 aliphatic carbocycles. The lowest BCUT2D eigenvalue weighted by atomic mass is 10.1. The molecule has 3 rings (SSSR count). The highest BCUT2D eigenvalue weighted by molar-refractivity contribution is 7.90. The van der Waals surface area contributed by atoms with Gasteiger partial charge in [-0.1, -0.05) is 48.5 Å². The summed E-state index contributed by atoms with van der Waals surface area (Å²) in [7, 11) is -3.91. The summed E-state index contributed by atoms with van der Waals surface area (Å²) in [4.78, 5) is 12.0. The van der Waals surface area contributed by atoms with E-state index in [4.69, 9.17) is 4.74 Å². The maximum Gasteiger partial charge on any atom is 0.271 e. The summed E-state index contributed by atoms with van der Waals surface area (Å²) in [6, 6.07) is 19.7. The van der Waals surface area contributed by atoms with Crippen LogP contribution in [0.15, 0.2) is 71.6 Å². The third kappa shape index (κ3) is 3.97. The first-order chi connectivity index (χ1) is 12.0. The van der Waals surface area contributed by atoms with Gasteiger partial charge in [-0.3, -0.25) is 4.79 Å². The highest BCUT2D eigenvalue weighted by Crippen LogP contribution is 2.20. The van der Waals surface area contributed by atoms with E-state index in [1.807, 2.05) is 35.1 Å². The lowest BCUT2D eigenvalue weighted by Crippen LogP contribution is -2.34. The van der Waals surface area contributed by atoms with Crippen molar-refractivity contribution in [2.75, 3.05) is 6.61 Å². The maximum absolute atomic E-state index is 12.3. The molecule has 0 aromatic heterocycles. The van der Waals surface area contributed by atoms with Crippen LogP contribution in [0.25, 0.3) is 10.8 Å². The van der Waals surface area contributed by atoms with Crippen LogP contribution in [0.4, 0.5) is 0 Å². The van der Waals surface area contributed by atoms with Crippen LogP contribution in [-0.4, -0.2) is 20.9 Å². The summed E-state index contributed by atoms with van der Waals surface area (Å²) < 4.78 is 32.0. The second-order valence-corrected chi connectivity index (χ2v) is 7.24. The molecule has 6 heteroatoms. The molecule has 0 bridgehead atoms. The van der Waals surface area contributed by atoms with Crippen molar-refractivity contribution in [3.05, 3.63) is 72.3 Å². The number of sulfonamides is 1. The number of nitrogens with one attached hydrogen (secondary N) is 1. The van der Waals surface area contributed by atoms with Crippen LogP contribution in [0.5, 0.6) is 5.75 Å². The van der Waals surface area contributed by atoms with Crippen LogP contribution in [0, 0.1) is 6.92 Å². The average Bonchev–Trinajstić information content (AvgIpc) is 2.59. The Labute approximate surface area is 146 Å². The molecule has 0 saturated carbocycles. The fourth-order valence-electron chi connectivity index (χ4n) is 2.50. The molecule has 25 heavy (non-hydrogen) atoms. The van der Waals surface area contributed by atoms with Crippen molar-refractivity contribution in [2.45, 2.75) is 11.8 Å². The number of ether oxygens (including phenoxy) is 1. The zero-order valence-corrected chi connectivity index (χ0v) is 14.4. The van der Waals surface area contributed by atoms with E-state index in [0.717, 1.165) is 10.8 Å². The van der Waals surface area contributed by atoms with Crippen molar-refractivity contribution >= 4 is 26.7 Å². The van der Waals surface area contributed by atoms with Gasteiger partial charge in [0.2, 0.25) is 0 Å². The Morgan fingerprint density at radius 2 is 1.64 bits per heavy atom. The number of rotatable bonds is 5. The van der Waals surface area contributed by atoms with Crippen molar-refractivity contribution < 1.29 is 17.9 Å². The molecule has 5 nitrogen and oxygen atoms in total. The van der Waals surface area contributed by atoms with Gasteiger partial charge in [0.25, 0.3) is 15.9 Å². The fraction of sp³-hybridized carbons (Fsp3) is 0.105. The molecule has 128 valence electrons. The maximum atomic E-state index is 12.3. The number of hydrogen-bond acceptors (Lipinski definition) is 4. The Morgan fingerprint density at radius 1 is 0.960 bits per heavy atom. The fourth-order valence-corrected chi connectivity index (χ4v) is 3.72. The molecule has 1 N–H and O–H groups in total. The number of benzene rings is 3. The molecule has 0 spiro atoms. The molecule has 0 saturated heterocycles. The average molecular weight is 355 g/mol. The van der Waals surface area contributed by atoms with Crippen LogP contribution in [-0.2, 0) is 14.8 Å². The molecule has 0 heterocycles. The normalized spacial score (nSPS) is 11.2. The number of amides is 1. The lowest BCUT2D eigenvalue weighted by Gasteiger charge is -2.10. The van der Waals surface area contributed by atoms with Gasteiger partial charge in [0.15, 0.2) is 6.61 Å². The van der Waals surface area contributed by atoms with Gasteiger partial charge >= 0.3 is 0 Å². The second-order valence-electron chi connectivity index (χ2n) is 5.59. The summed E-state index contributed by atoms with van der Waals surface area (Å²) in [6.45, 7) is 1.29. The molecule has 3 aromatic rings. The van der Waals surface area contributed by atoms with Crippen molar-refractivity contribution in [1.82, 2.24) is 4.72 Å². The highest BCUT2D eigenvalue weighted by Gasteiger charge is 2.19. The first-order valence-electron chi connectivity index (χ1n) is 7.68. The van der Waals surface area contributed by atoms with Crippen molar-refractivity contribution in [3.8, 4) is 5.75 Å². The first-order valence-corrected chi connectivity index (χ1v) is 9.17. The number of aryl methyl sites for hydroxylation is 1. The minimum absolute atomic E-state index is 0.0778.